The van der Waals surface area contributed by atoms with Crippen LogP contribution in [0.4, 0.5) is 11.4 Å². The molecule has 16 heteroatoms. The number of para-hydroxylation sites is 2. The lowest BCUT2D eigenvalue weighted by molar-refractivity contribution is -0.384. The molecule has 5 rings (SSSR count). The molecule has 0 saturated carbocycles. The summed E-state index contributed by atoms with van der Waals surface area (Å²) in [6, 6.07) is 27.2. The highest BCUT2D eigenvalue weighted by Gasteiger charge is 2.18. The molecule has 49 heavy (non-hydrogen) atoms. The molecule has 2 atom stereocenters. The van der Waals surface area contributed by atoms with E-state index >= 15 is 0 Å². The Bertz CT molecular complexity index is 1740. The molecular formula is C33H32AlCl3N4O8. The Kier molecular flexibility index (Phi) is 15.6. The minimum absolute atomic E-state index is 0.0408. The van der Waals surface area contributed by atoms with E-state index in [9.17, 15) is 25.0 Å². The number of nitrogens with zero attached hydrogens (tertiary/aromatic N) is 3. The van der Waals surface area contributed by atoms with E-state index in [0.717, 1.165) is 24.5 Å². The summed E-state index contributed by atoms with van der Waals surface area (Å²) < 4.78 is 15.8. The number of hydrogen-bond donors (Lipinski definition) is 1. The standard InChI is InChI=1S/C17H17N3O3.C16H15NO5.Al.3ClH/c1-12(17-18-10-11-19-17)23-14-8-6-13(7-9-14)15-4-2-3-5-16(15)20(21)22;1-11(16(18)21-2)22-13-9-7-12(8-10-13)14-5-3-4-6-15(14)17(19)20;;;;/h2-9,12H,10-11H2,1H3,(H,18,19);3-11H,1-2H3;;3*1H/q;;+3;;;/p-3/t12-;11-;;;;/m11..../s1. The Hall–Kier alpha value is -4.38. The van der Waals surface area contributed by atoms with Crippen molar-refractivity contribution in [2.24, 2.45) is 4.99 Å². The molecule has 12 nitrogen and oxygen atoms in total. The fourth-order valence-electron chi connectivity index (χ4n) is 4.55. The topological polar surface area (TPSA) is 155 Å². The van der Waals surface area contributed by atoms with Gasteiger partial charge in [0.25, 0.3) is 11.4 Å². The Labute approximate surface area is 299 Å². The van der Waals surface area contributed by atoms with Gasteiger partial charge < -0.3 is 19.5 Å². The molecule has 0 aromatic heterocycles. The molecule has 0 aliphatic carbocycles. The number of aliphatic imine (C=N–C) groups is 1. The van der Waals surface area contributed by atoms with Crippen molar-refractivity contribution >= 4 is 64.7 Å². The van der Waals surface area contributed by atoms with Crippen LogP contribution < -0.4 is 14.8 Å². The first kappa shape index (κ1) is 39.1. The second-order valence-electron chi connectivity index (χ2n) is 10.1. The van der Waals surface area contributed by atoms with Crippen LogP contribution in [0.1, 0.15) is 13.8 Å². The van der Waals surface area contributed by atoms with Crippen molar-refractivity contribution in [3.8, 4) is 33.8 Å². The van der Waals surface area contributed by atoms with Crippen LogP contribution in [0.3, 0.4) is 0 Å². The number of methoxy groups -OCH3 is 1. The lowest BCUT2D eigenvalue weighted by Gasteiger charge is -2.15. The normalized spacial score (nSPS) is 12.7. The van der Waals surface area contributed by atoms with Gasteiger partial charge in [0.05, 0.1) is 34.6 Å². The third-order valence-corrected chi connectivity index (χ3v) is 6.78. The smallest absolute Gasteiger partial charge is 0.483 e. The van der Waals surface area contributed by atoms with Crippen LogP contribution in [0.5, 0.6) is 11.5 Å². The number of hydrogen-bond acceptors (Lipinski definition) is 10. The third kappa shape index (κ3) is 12.2. The van der Waals surface area contributed by atoms with Crippen molar-refractivity contribution in [2.45, 2.75) is 26.1 Å². The minimum Gasteiger partial charge on any atom is -0.483 e. The number of carbonyl (C=O) groups excluding carboxylic acids is 1. The molecule has 1 heterocycles. The quantitative estimate of drug-likeness (QED) is 0.0738. The Morgan fingerprint density at radius 3 is 1.59 bits per heavy atom. The average Bonchev–Trinajstić information content (AvgIpc) is 3.64. The van der Waals surface area contributed by atoms with Gasteiger partial charge >= 0.3 is 17.4 Å². The zero-order chi connectivity index (χ0) is 35.9. The van der Waals surface area contributed by atoms with E-state index < -0.39 is 28.4 Å². The number of benzene rings is 4. The maximum atomic E-state index is 11.3. The summed E-state index contributed by atoms with van der Waals surface area (Å²) in [4.78, 5) is 37.0. The summed E-state index contributed by atoms with van der Waals surface area (Å²) in [5.41, 5.74) is 2.75. The molecule has 0 fully saturated rings. The molecular weight excluding hydrogens is 714 g/mol. The van der Waals surface area contributed by atoms with Crippen LogP contribution in [0, 0.1) is 20.2 Å². The summed E-state index contributed by atoms with van der Waals surface area (Å²) in [6.07, 6.45) is -0.865. The van der Waals surface area contributed by atoms with Crippen molar-refractivity contribution in [1.82, 2.24) is 5.32 Å². The van der Waals surface area contributed by atoms with Crippen molar-refractivity contribution in [2.75, 3.05) is 20.2 Å². The number of ether oxygens (including phenoxy) is 3. The van der Waals surface area contributed by atoms with Crippen LogP contribution in [0.2, 0.25) is 0 Å². The van der Waals surface area contributed by atoms with E-state index in [1.54, 1.807) is 67.6 Å². The molecule has 0 unspecified atom stereocenters. The number of esters is 1. The SMILES string of the molecule is COC(=O)[C@@H](C)Oc1ccc(-c2ccccc2[N+](=O)[O-])cc1.C[C@@H](Oc1ccc(-c2ccccc2[N+](=O)[O-])cc1)C1=NCCN1.[Cl][Al]([Cl])[Cl]. The van der Waals surface area contributed by atoms with Crippen LogP contribution in [0.15, 0.2) is 102 Å². The van der Waals surface area contributed by atoms with Gasteiger partial charge in [-0.3, -0.25) is 25.2 Å². The summed E-state index contributed by atoms with van der Waals surface area (Å²) in [6.45, 7) is 5.15. The fourth-order valence-corrected chi connectivity index (χ4v) is 4.55. The van der Waals surface area contributed by atoms with Crippen LogP contribution in [-0.2, 0) is 9.53 Å². The van der Waals surface area contributed by atoms with E-state index in [0.29, 0.717) is 28.2 Å². The monoisotopic (exact) mass is 744 g/mol. The average molecular weight is 746 g/mol. The zero-order valence-electron chi connectivity index (χ0n) is 26.6. The molecule has 4 aromatic carbocycles. The van der Waals surface area contributed by atoms with Gasteiger partial charge in [0.1, 0.15) is 17.3 Å². The van der Waals surface area contributed by atoms with Gasteiger partial charge in [0.15, 0.2) is 12.2 Å². The Morgan fingerprint density at radius 2 is 1.20 bits per heavy atom. The summed E-state index contributed by atoms with van der Waals surface area (Å²) in [5, 5.41) is 25.3. The predicted octanol–water partition coefficient (Wildman–Crippen LogP) is 7.92. The summed E-state index contributed by atoms with van der Waals surface area (Å²) in [5.74, 6) is 1.58. The largest absolute Gasteiger partial charge is 0.643 e. The molecule has 0 amide bonds. The molecule has 256 valence electrons. The molecule has 4 aromatic rings. The maximum absolute atomic E-state index is 11.3. The summed E-state index contributed by atoms with van der Waals surface area (Å²) >= 11 is -1.72. The number of halogens is 3. The van der Waals surface area contributed by atoms with Gasteiger partial charge in [-0.15, -0.1) is 0 Å². The maximum Gasteiger partial charge on any atom is 0.643 e. The van der Waals surface area contributed by atoms with E-state index in [-0.39, 0.29) is 22.4 Å². The van der Waals surface area contributed by atoms with Crippen molar-refractivity contribution < 1.29 is 28.9 Å². The van der Waals surface area contributed by atoms with Crippen LogP contribution in [-0.4, -0.2) is 65.4 Å². The lowest BCUT2D eigenvalue weighted by Crippen LogP contribution is -2.33. The number of amidine groups is 1. The van der Waals surface area contributed by atoms with Crippen molar-refractivity contribution in [3.05, 3.63) is 117 Å². The lowest BCUT2D eigenvalue weighted by atomic mass is 10.0. The molecule has 1 aliphatic heterocycles. The predicted molar refractivity (Wildman–Crippen MR) is 193 cm³/mol. The van der Waals surface area contributed by atoms with Crippen molar-refractivity contribution in [1.29, 1.82) is 0 Å². The molecule has 0 radical (unpaired) electrons. The Morgan fingerprint density at radius 1 is 0.776 bits per heavy atom. The van der Waals surface area contributed by atoms with Gasteiger partial charge in [0.2, 0.25) is 0 Å². The van der Waals surface area contributed by atoms with Crippen LogP contribution >= 0.6 is 30.1 Å². The first-order chi connectivity index (χ1) is 23.4. The van der Waals surface area contributed by atoms with E-state index in [4.69, 9.17) is 39.6 Å². The zero-order valence-corrected chi connectivity index (χ0v) is 30.0. The second-order valence-corrected chi connectivity index (χ2v) is 16.5. The fraction of sp³-hybridized carbons (Fsp3) is 0.212. The third-order valence-electron chi connectivity index (χ3n) is 6.78. The van der Waals surface area contributed by atoms with Crippen LogP contribution in [0.25, 0.3) is 22.3 Å². The van der Waals surface area contributed by atoms with E-state index in [1.807, 2.05) is 31.2 Å². The summed E-state index contributed by atoms with van der Waals surface area (Å²) in [7, 11) is 16.1. The van der Waals surface area contributed by atoms with E-state index in [2.05, 4.69) is 15.0 Å². The highest BCUT2D eigenvalue weighted by Crippen LogP contribution is 2.32. The van der Waals surface area contributed by atoms with Gasteiger partial charge in [0, 0.05) is 18.7 Å². The molecule has 0 bridgehead atoms. The van der Waals surface area contributed by atoms with Gasteiger partial charge in [-0.1, -0.05) is 48.5 Å². The number of nitro benzene ring substituents is 2. The van der Waals surface area contributed by atoms with Gasteiger partial charge in [-0.05, 0) is 61.4 Å². The second kappa shape index (κ2) is 19.6. The molecule has 1 N–H and O–H groups in total. The van der Waals surface area contributed by atoms with Gasteiger partial charge in [-0.2, -0.15) is 0 Å². The highest BCUT2D eigenvalue weighted by molar-refractivity contribution is 7.54. The number of nitrogens with one attached hydrogen (secondary N) is 1. The number of rotatable bonds is 10. The molecule has 0 spiro atoms. The number of carbonyl (C=O) groups is 1. The number of nitro groups is 2. The first-order valence-corrected chi connectivity index (χ1v) is 19.9. The van der Waals surface area contributed by atoms with Gasteiger partial charge in [-0.25, -0.2) is 34.9 Å². The van der Waals surface area contributed by atoms with Crippen molar-refractivity contribution in [3.63, 3.8) is 0 Å². The highest BCUT2D eigenvalue weighted by atomic mass is 35.8. The molecule has 1 aliphatic rings. The minimum atomic E-state index is -1.72. The first-order valence-electron chi connectivity index (χ1n) is 14.7. The molecule has 0 saturated heterocycles. The van der Waals surface area contributed by atoms with E-state index in [1.165, 1.54) is 19.2 Å². The Balaban J connectivity index is 0.000000240.